The third-order valence-corrected chi connectivity index (χ3v) is 2.14. The van der Waals surface area contributed by atoms with E-state index in [1.165, 1.54) is 0 Å². The van der Waals surface area contributed by atoms with Crippen molar-refractivity contribution in [3.05, 3.63) is 17.7 Å². The number of hydrogen-bond acceptors (Lipinski definition) is 4. The Kier molecular flexibility index (Phi) is 2.97. The van der Waals surface area contributed by atoms with Crippen LogP contribution in [0.2, 0.25) is 0 Å². The summed E-state index contributed by atoms with van der Waals surface area (Å²) in [5.74, 6) is 1.22. The molecule has 0 N–H and O–H groups in total. The van der Waals surface area contributed by atoms with Crippen LogP contribution < -0.4 is 0 Å². The number of fused-ring (bicyclic) bond motifs is 1. The maximum atomic E-state index is 5.50. The minimum atomic E-state index is 0.0870. The molecule has 0 aliphatic carbocycles. The molecule has 0 fully saturated rings. The van der Waals surface area contributed by atoms with Crippen molar-refractivity contribution in [1.82, 2.24) is 4.98 Å². The third kappa shape index (κ3) is 2.33. The zero-order chi connectivity index (χ0) is 10.7. The number of rotatable bonds is 2. The van der Waals surface area contributed by atoms with Crippen molar-refractivity contribution in [3.63, 3.8) is 0 Å². The SMILES string of the molecule is CCOC1/C=C\c2nc(C)oc2/N=C\C1. The maximum absolute atomic E-state index is 5.50. The van der Waals surface area contributed by atoms with Crippen molar-refractivity contribution in [3.8, 4) is 0 Å². The first-order chi connectivity index (χ1) is 7.29. The molecule has 0 aromatic carbocycles. The van der Waals surface area contributed by atoms with Crippen molar-refractivity contribution in [2.24, 2.45) is 4.99 Å². The molecule has 0 spiro atoms. The van der Waals surface area contributed by atoms with Gasteiger partial charge in [-0.25, -0.2) is 9.98 Å². The first-order valence-corrected chi connectivity index (χ1v) is 5.09. The normalized spacial score (nSPS) is 24.0. The van der Waals surface area contributed by atoms with Gasteiger partial charge in [0.2, 0.25) is 5.88 Å². The van der Waals surface area contributed by atoms with Gasteiger partial charge in [-0.1, -0.05) is 6.08 Å². The summed E-state index contributed by atoms with van der Waals surface area (Å²) < 4.78 is 10.8. The highest BCUT2D eigenvalue weighted by molar-refractivity contribution is 5.68. The van der Waals surface area contributed by atoms with E-state index < -0.39 is 0 Å². The molecule has 0 saturated carbocycles. The lowest BCUT2D eigenvalue weighted by Crippen LogP contribution is -2.10. The van der Waals surface area contributed by atoms with Gasteiger partial charge in [0.15, 0.2) is 5.89 Å². The number of ether oxygens (including phenoxy) is 1. The summed E-state index contributed by atoms with van der Waals surface area (Å²) in [7, 11) is 0. The Hall–Kier alpha value is -1.42. The Bertz CT molecular complexity index is 393. The van der Waals surface area contributed by atoms with Crippen LogP contribution in [0.4, 0.5) is 5.88 Å². The van der Waals surface area contributed by atoms with E-state index in [1.54, 1.807) is 0 Å². The van der Waals surface area contributed by atoms with Gasteiger partial charge in [-0.05, 0) is 13.0 Å². The Labute approximate surface area is 88.7 Å². The number of nitrogens with zero attached hydrogens (tertiary/aromatic N) is 2. The minimum absolute atomic E-state index is 0.0870. The average Bonchev–Trinajstić information content (AvgIpc) is 2.52. The molecule has 1 atom stereocenters. The molecule has 0 bridgehead atoms. The number of aromatic nitrogens is 1. The van der Waals surface area contributed by atoms with Gasteiger partial charge in [0.25, 0.3) is 0 Å². The number of aryl methyl sites for hydroxylation is 1. The van der Waals surface area contributed by atoms with E-state index in [-0.39, 0.29) is 6.10 Å². The smallest absolute Gasteiger partial charge is 0.246 e. The highest BCUT2D eigenvalue weighted by Crippen LogP contribution is 2.23. The molecule has 0 saturated heterocycles. The molecule has 1 unspecified atom stereocenters. The zero-order valence-corrected chi connectivity index (χ0v) is 8.93. The summed E-state index contributed by atoms with van der Waals surface area (Å²) in [6.45, 7) is 4.50. The van der Waals surface area contributed by atoms with Crippen LogP contribution in [-0.4, -0.2) is 23.9 Å². The van der Waals surface area contributed by atoms with Crippen molar-refractivity contribution in [2.75, 3.05) is 6.61 Å². The van der Waals surface area contributed by atoms with Gasteiger partial charge < -0.3 is 9.15 Å². The van der Waals surface area contributed by atoms with Crippen LogP contribution in [0.3, 0.4) is 0 Å². The molecule has 80 valence electrons. The fraction of sp³-hybridized carbons (Fsp3) is 0.455. The van der Waals surface area contributed by atoms with E-state index >= 15 is 0 Å². The lowest BCUT2D eigenvalue weighted by atomic mass is 10.2. The second-order valence-electron chi connectivity index (χ2n) is 3.32. The lowest BCUT2D eigenvalue weighted by Gasteiger charge is -2.10. The van der Waals surface area contributed by atoms with Crippen LogP contribution >= 0.6 is 0 Å². The standard InChI is InChI=1S/C11H14N2O2/c1-3-14-9-4-5-10-11(12-7-6-9)15-8(2)13-10/h4-5,7,9H,3,6H2,1-2H3/b5-4-,12-7-. The van der Waals surface area contributed by atoms with Crippen molar-refractivity contribution in [1.29, 1.82) is 0 Å². The van der Waals surface area contributed by atoms with Gasteiger partial charge in [0.05, 0.1) is 6.10 Å². The first kappa shape index (κ1) is 10.1. The van der Waals surface area contributed by atoms with Gasteiger partial charge in [0, 0.05) is 26.2 Å². The number of aliphatic imine (C=N–C) groups is 1. The minimum Gasteiger partial charge on any atom is -0.423 e. The molecule has 0 radical (unpaired) electrons. The molecular weight excluding hydrogens is 192 g/mol. The fourth-order valence-electron chi connectivity index (χ4n) is 1.49. The van der Waals surface area contributed by atoms with Crippen molar-refractivity contribution >= 4 is 18.2 Å². The monoisotopic (exact) mass is 206 g/mol. The summed E-state index contributed by atoms with van der Waals surface area (Å²) in [6.07, 6.45) is 6.57. The van der Waals surface area contributed by atoms with Gasteiger partial charge in [-0.2, -0.15) is 0 Å². The van der Waals surface area contributed by atoms with Gasteiger partial charge in [0.1, 0.15) is 5.69 Å². The van der Waals surface area contributed by atoms with Crippen LogP contribution in [-0.2, 0) is 4.74 Å². The van der Waals surface area contributed by atoms with Gasteiger partial charge in [-0.3, -0.25) is 0 Å². The lowest BCUT2D eigenvalue weighted by molar-refractivity contribution is 0.103. The molecule has 4 nitrogen and oxygen atoms in total. The molecule has 4 heteroatoms. The molecule has 2 heterocycles. The fourth-order valence-corrected chi connectivity index (χ4v) is 1.49. The number of hydrogen-bond donors (Lipinski definition) is 0. The van der Waals surface area contributed by atoms with E-state index in [0.717, 1.165) is 12.1 Å². The summed E-state index contributed by atoms with van der Waals surface area (Å²) in [5.41, 5.74) is 0.771. The van der Waals surface area contributed by atoms with Crippen LogP contribution in [0, 0.1) is 6.92 Å². The molecule has 1 aromatic heterocycles. The predicted octanol–water partition coefficient (Wildman–Crippen LogP) is 2.51. The average molecular weight is 206 g/mol. The van der Waals surface area contributed by atoms with Crippen molar-refractivity contribution < 1.29 is 9.15 Å². The van der Waals surface area contributed by atoms with E-state index in [4.69, 9.17) is 9.15 Å². The Balaban J connectivity index is 2.24. The summed E-state index contributed by atoms with van der Waals surface area (Å²) >= 11 is 0. The molecule has 1 aromatic rings. The van der Waals surface area contributed by atoms with Gasteiger partial charge in [-0.15, -0.1) is 0 Å². The van der Waals surface area contributed by atoms with E-state index in [9.17, 15) is 0 Å². The molecule has 2 rings (SSSR count). The first-order valence-electron chi connectivity index (χ1n) is 5.09. The van der Waals surface area contributed by atoms with E-state index in [2.05, 4.69) is 9.98 Å². The highest BCUT2D eigenvalue weighted by Gasteiger charge is 2.11. The highest BCUT2D eigenvalue weighted by atomic mass is 16.5. The Morgan fingerprint density at radius 1 is 1.60 bits per heavy atom. The summed E-state index contributed by atoms with van der Waals surface area (Å²) in [6, 6.07) is 0. The molecule has 15 heavy (non-hydrogen) atoms. The maximum Gasteiger partial charge on any atom is 0.246 e. The molecule has 1 aliphatic heterocycles. The molecule has 0 amide bonds. The Morgan fingerprint density at radius 3 is 3.27 bits per heavy atom. The predicted molar refractivity (Wildman–Crippen MR) is 58.5 cm³/mol. The van der Waals surface area contributed by atoms with Crippen molar-refractivity contribution in [2.45, 2.75) is 26.4 Å². The van der Waals surface area contributed by atoms with Crippen LogP contribution in [0.25, 0.3) is 6.08 Å². The quantitative estimate of drug-likeness (QED) is 0.747. The summed E-state index contributed by atoms with van der Waals surface area (Å²) in [4.78, 5) is 8.44. The van der Waals surface area contributed by atoms with Crippen LogP contribution in [0.5, 0.6) is 0 Å². The van der Waals surface area contributed by atoms with Gasteiger partial charge >= 0.3 is 0 Å². The third-order valence-electron chi connectivity index (χ3n) is 2.14. The topological polar surface area (TPSA) is 47.6 Å². The van der Waals surface area contributed by atoms with E-state index in [0.29, 0.717) is 18.4 Å². The van der Waals surface area contributed by atoms with Crippen LogP contribution in [0.15, 0.2) is 15.5 Å². The summed E-state index contributed by atoms with van der Waals surface area (Å²) in [5, 5.41) is 0. The molecule has 1 aliphatic rings. The van der Waals surface area contributed by atoms with E-state index in [1.807, 2.05) is 32.2 Å². The largest absolute Gasteiger partial charge is 0.423 e. The Morgan fingerprint density at radius 2 is 2.47 bits per heavy atom. The zero-order valence-electron chi connectivity index (χ0n) is 8.93. The van der Waals surface area contributed by atoms with Crippen LogP contribution in [0.1, 0.15) is 24.9 Å². The second kappa shape index (κ2) is 4.40. The molecular formula is C11H14N2O2. The number of oxazole rings is 1. The second-order valence-corrected chi connectivity index (χ2v) is 3.32.